The lowest BCUT2D eigenvalue weighted by molar-refractivity contribution is -0.124. The lowest BCUT2D eigenvalue weighted by Crippen LogP contribution is -2.43. The van der Waals surface area contributed by atoms with Gasteiger partial charge in [-0.15, -0.1) is 5.10 Å². The quantitative estimate of drug-likeness (QED) is 0.264. The van der Waals surface area contributed by atoms with Gasteiger partial charge in [0, 0.05) is 22.3 Å². The highest BCUT2D eigenvalue weighted by Gasteiger charge is 2.23. The van der Waals surface area contributed by atoms with Crippen LogP contribution in [0, 0.1) is 11.7 Å². The topological polar surface area (TPSA) is 152 Å². The number of carbonyl (C=O) groups excluding carboxylic acids is 3. The lowest BCUT2D eigenvalue weighted by atomic mass is 9.91. The van der Waals surface area contributed by atoms with Crippen molar-refractivity contribution in [1.29, 1.82) is 0 Å². The molecule has 41 heavy (non-hydrogen) atoms. The number of nitrogens with zero attached hydrogens (tertiary/aromatic N) is 4. The number of aromatic nitrogens is 4. The Morgan fingerprint density at radius 1 is 1.20 bits per heavy atom. The number of tetrazole rings is 1. The van der Waals surface area contributed by atoms with Gasteiger partial charge in [-0.1, -0.05) is 11.6 Å². The van der Waals surface area contributed by atoms with E-state index in [4.69, 9.17) is 11.6 Å². The Morgan fingerprint density at radius 2 is 2.00 bits per heavy atom. The predicted octanol–water partition coefficient (Wildman–Crippen LogP) is 3.55. The maximum atomic E-state index is 14.5. The number of rotatable bonds is 10. The molecule has 1 fully saturated rings. The summed E-state index contributed by atoms with van der Waals surface area (Å²) in [6, 6.07) is 8.01. The normalized spacial score (nSPS) is 14.4. The molecule has 1 aliphatic heterocycles. The molecule has 0 aliphatic carbocycles. The van der Waals surface area contributed by atoms with Crippen molar-refractivity contribution in [2.24, 2.45) is 5.92 Å². The van der Waals surface area contributed by atoms with Gasteiger partial charge in [-0.3, -0.25) is 14.9 Å². The summed E-state index contributed by atoms with van der Waals surface area (Å²) in [7, 11) is 1.16. The van der Waals surface area contributed by atoms with Gasteiger partial charge in [-0.2, -0.15) is 4.68 Å². The second-order valence-corrected chi connectivity index (χ2v) is 9.86. The van der Waals surface area contributed by atoms with Crippen LogP contribution in [0.2, 0.25) is 5.02 Å². The third kappa shape index (κ3) is 8.56. The van der Waals surface area contributed by atoms with Crippen LogP contribution in [-0.4, -0.2) is 64.4 Å². The Bertz CT molecular complexity index is 1400. The molecule has 1 aliphatic rings. The number of amides is 3. The molecule has 4 N–H and O–H groups in total. The highest BCUT2D eigenvalue weighted by atomic mass is 35.5. The van der Waals surface area contributed by atoms with Crippen LogP contribution in [0.25, 0.3) is 11.8 Å². The zero-order valence-corrected chi connectivity index (χ0v) is 23.0. The summed E-state index contributed by atoms with van der Waals surface area (Å²) in [5, 5.41) is 22.6. The molecule has 2 aromatic carbocycles. The van der Waals surface area contributed by atoms with Crippen LogP contribution in [0.15, 0.2) is 48.8 Å². The van der Waals surface area contributed by atoms with Crippen LogP contribution in [0.3, 0.4) is 0 Å². The van der Waals surface area contributed by atoms with Crippen LogP contribution in [0.5, 0.6) is 0 Å². The zero-order chi connectivity index (χ0) is 29.2. The predicted molar refractivity (Wildman–Crippen MR) is 151 cm³/mol. The molecule has 0 radical (unpaired) electrons. The van der Waals surface area contributed by atoms with Crippen molar-refractivity contribution in [3.8, 4) is 5.69 Å². The molecule has 0 unspecified atom stereocenters. The van der Waals surface area contributed by atoms with E-state index in [1.54, 1.807) is 24.3 Å². The fraction of sp³-hybridized carbons (Fsp3) is 0.333. The first kappa shape index (κ1) is 29.6. The highest BCUT2D eigenvalue weighted by molar-refractivity contribution is 6.30. The summed E-state index contributed by atoms with van der Waals surface area (Å²) >= 11 is 6.16. The van der Waals surface area contributed by atoms with Crippen molar-refractivity contribution in [2.45, 2.75) is 31.7 Å². The molecular formula is C27H30ClFN8O4. The molecule has 12 nitrogen and oxygen atoms in total. The number of ether oxygens (including phenoxy) is 1. The summed E-state index contributed by atoms with van der Waals surface area (Å²) in [6.45, 7) is 1.82. The van der Waals surface area contributed by atoms with Crippen molar-refractivity contribution in [1.82, 2.24) is 30.8 Å². The molecule has 1 aromatic heterocycles. The molecule has 1 atom stereocenters. The summed E-state index contributed by atoms with van der Waals surface area (Å²) in [6.07, 6.45) is 6.55. The highest BCUT2D eigenvalue weighted by Crippen LogP contribution is 2.23. The smallest absolute Gasteiger partial charge is 0.411 e. The number of methoxy groups -OCH3 is 1. The van der Waals surface area contributed by atoms with E-state index in [9.17, 15) is 18.8 Å². The molecule has 14 heteroatoms. The van der Waals surface area contributed by atoms with Gasteiger partial charge in [0.15, 0.2) is 0 Å². The van der Waals surface area contributed by atoms with Crippen molar-refractivity contribution in [3.63, 3.8) is 0 Å². The first-order chi connectivity index (χ1) is 19.8. The number of carbonyl (C=O) groups is 3. The number of piperidine rings is 1. The second-order valence-electron chi connectivity index (χ2n) is 9.42. The van der Waals surface area contributed by atoms with Crippen molar-refractivity contribution >= 4 is 47.0 Å². The van der Waals surface area contributed by atoms with Gasteiger partial charge in [0.25, 0.3) is 0 Å². The van der Waals surface area contributed by atoms with E-state index in [-0.39, 0.29) is 11.4 Å². The number of nitrogens with one attached hydrogen (secondary N) is 4. The van der Waals surface area contributed by atoms with Gasteiger partial charge in [0.1, 0.15) is 18.2 Å². The molecule has 216 valence electrons. The molecule has 1 saturated heterocycles. The largest absolute Gasteiger partial charge is 0.453 e. The fourth-order valence-corrected chi connectivity index (χ4v) is 4.63. The minimum Gasteiger partial charge on any atom is -0.453 e. The Kier molecular flexibility index (Phi) is 10.3. The minimum atomic E-state index is -0.878. The Hall–Kier alpha value is -4.36. The van der Waals surface area contributed by atoms with Gasteiger partial charge in [-0.05, 0) is 97.6 Å². The molecule has 0 bridgehead atoms. The SMILES string of the molecule is COC(=O)Nc1ccc(NC(=O)[C@H](CCC2CCNCC2)NC(=O)/C=C/c2cc(Cl)ccc2-n2cnnn2)cc1F. The van der Waals surface area contributed by atoms with Crippen LogP contribution in [0.1, 0.15) is 31.2 Å². The van der Waals surface area contributed by atoms with Crippen LogP contribution in [-0.2, 0) is 14.3 Å². The summed E-state index contributed by atoms with van der Waals surface area (Å²) in [5.74, 6) is -1.33. The second kappa shape index (κ2) is 14.3. The van der Waals surface area contributed by atoms with E-state index < -0.39 is 29.8 Å². The van der Waals surface area contributed by atoms with Crippen LogP contribution >= 0.6 is 11.6 Å². The Balaban J connectivity index is 1.47. The van der Waals surface area contributed by atoms with E-state index in [1.165, 1.54) is 29.2 Å². The molecule has 0 spiro atoms. The molecule has 4 rings (SSSR count). The Labute approximate surface area is 240 Å². The monoisotopic (exact) mass is 584 g/mol. The first-order valence-corrected chi connectivity index (χ1v) is 13.4. The molecule has 3 amide bonds. The van der Waals surface area contributed by atoms with Gasteiger partial charge in [-0.25, -0.2) is 9.18 Å². The van der Waals surface area contributed by atoms with E-state index in [0.717, 1.165) is 45.5 Å². The van der Waals surface area contributed by atoms with Crippen LogP contribution in [0.4, 0.5) is 20.6 Å². The molecule has 3 aromatic rings. The third-order valence-corrected chi connectivity index (χ3v) is 6.85. The molecular weight excluding hydrogens is 555 g/mol. The Morgan fingerprint density at radius 3 is 2.71 bits per heavy atom. The molecule has 0 saturated carbocycles. The first-order valence-electron chi connectivity index (χ1n) is 13.0. The number of anilines is 2. The number of hydrogen-bond acceptors (Lipinski definition) is 8. The summed E-state index contributed by atoms with van der Waals surface area (Å²) in [5.41, 5.74) is 1.27. The van der Waals surface area contributed by atoms with Crippen molar-refractivity contribution in [2.75, 3.05) is 30.8 Å². The fourth-order valence-electron chi connectivity index (χ4n) is 4.45. The lowest BCUT2D eigenvalue weighted by Gasteiger charge is -2.25. The van der Waals surface area contributed by atoms with Gasteiger partial charge in [0.2, 0.25) is 11.8 Å². The molecule has 2 heterocycles. The maximum Gasteiger partial charge on any atom is 0.411 e. The van der Waals surface area contributed by atoms with E-state index in [0.29, 0.717) is 28.6 Å². The van der Waals surface area contributed by atoms with Crippen molar-refractivity contribution in [3.05, 3.63) is 65.2 Å². The number of hydrogen-bond donors (Lipinski definition) is 4. The maximum absolute atomic E-state index is 14.5. The van der Waals surface area contributed by atoms with E-state index >= 15 is 0 Å². The third-order valence-electron chi connectivity index (χ3n) is 6.61. The van der Waals surface area contributed by atoms with Gasteiger partial charge in [0.05, 0.1) is 18.5 Å². The zero-order valence-electron chi connectivity index (χ0n) is 22.3. The van der Waals surface area contributed by atoms with E-state index in [2.05, 4.69) is 41.5 Å². The summed E-state index contributed by atoms with van der Waals surface area (Å²) < 4.78 is 20.4. The number of halogens is 2. The standard InChI is InChI=1S/C27H30ClFN8O4/c1-41-27(40)34-22-7-5-20(15-21(22)29)32-26(39)23(6-2-17-10-12-30-13-11-17)33-25(38)9-3-18-14-19(28)4-8-24(18)37-16-31-35-36-37/h3-5,7-9,14-17,23,30H,2,6,10-13H2,1H3,(H,32,39)(H,33,38)(H,34,40)/b9-3+/t23-/m0/s1. The average Bonchev–Trinajstić information content (AvgIpc) is 3.51. The van der Waals surface area contributed by atoms with Crippen molar-refractivity contribution < 1.29 is 23.5 Å². The average molecular weight is 585 g/mol. The van der Waals surface area contributed by atoms with E-state index in [1.807, 2.05) is 0 Å². The summed E-state index contributed by atoms with van der Waals surface area (Å²) in [4.78, 5) is 37.6. The minimum absolute atomic E-state index is 0.0993. The van der Waals surface area contributed by atoms with Gasteiger partial charge < -0.3 is 20.7 Å². The van der Waals surface area contributed by atoms with Gasteiger partial charge >= 0.3 is 6.09 Å². The van der Waals surface area contributed by atoms with Crippen LogP contribution < -0.4 is 21.3 Å². The number of benzene rings is 2.